The van der Waals surface area contributed by atoms with E-state index >= 15 is 0 Å². The third kappa shape index (κ3) is 4.49. The van der Waals surface area contributed by atoms with E-state index in [0.29, 0.717) is 30.6 Å². The number of halogens is 4. The highest BCUT2D eigenvalue weighted by atomic mass is 19.4. The number of anilines is 1. The van der Waals surface area contributed by atoms with E-state index in [4.69, 9.17) is 4.74 Å². The van der Waals surface area contributed by atoms with Crippen molar-refractivity contribution in [3.63, 3.8) is 0 Å². The summed E-state index contributed by atoms with van der Waals surface area (Å²) >= 11 is 0. The van der Waals surface area contributed by atoms with E-state index in [2.05, 4.69) is 4.90 Å². The minimum atomic E-state index is -5.02. The van der Waals surface area contributed by atoms with Crippen molar-refractivity contribution in [1.82, 2.24) is 4.90 Å². The molecule has 1 aliphatic heterocycles. The summed E-state index contributed by atoms with van der Waals surface area (Å²) in [4.78, 5) is 13.1. The van der Waals surface area contributed by atoms with Crippen LogP contribution in [0.1, 0.15) is 31.4 Å². The van der Waals surface area contributed by atoms with E-state index in [1.54, 1.807) is 12.2 Å². The van der Waals surface area contributed by atoms with E-state index < -0.39 is 17.9 Å². The summed E-state index contributed by atoms with van der Waals surface area (Å²) in [5, 5.41) is 1.70. The van der Waals surface area contributed by atoms with Crippen LogP contribution in [0.25, 0.3) is 0 Å². The van der Waals surface area contributed by atoms with Gasteiger partial charge in [-0.25, -0.2) is 4.39 Å². The first-order chi connectivity index (χ1) is 11.4. The van der Waals surface area contributed by atoms with Gasteiger partial charge in [0.2, 0.25) is 0 Å². The predicted molar refractivity (Wildman–Crippen MR) is 85.7 cm³/mol. The SMILES string of the molecule is Cc1c(F)cc(NC(=O)C(F)(F)F)cc1CC[C@H]1COC(C)(C)N1C. The van der Waals surface area contributed by atoms with Crippen LogP contribution in [0.5, 0.6) is 0 Å². The lowest BCUT2D eigenvalue weighted by atomic mass is 9.99. The second kappa shape index (κ2) is 6.92. The number of likely N-dealkylation sites (N-methyl/N-ethyl adjacent to an activating group) is 1. The van der Waals surface area contributed by atoms with Crippen molar-refractivity contribution in [2.24, 2.45) is 0 Å². The number of nitrogens with one attached hydrogen (secondary N) is 1. The smallest absolute Gasteiger partial charge is 0.359 e. The van der Waals surface area contributed by atoms with Gasteiger partial charge in [0, 0.05) is 11.7 Å². The molecule has 4 nitrogen and oxygen atoms in total. The molecule has 0 spiro atoms. The number of alkyl halides is 3. The van der Waals surface area contributed by atoms with Crippen molar-refractivity contribution >= 4 is 11.6 Å². The molecule has 1 aliphatic rings. The Balaban J connectivity index is 2.11. The van der Waals surface area contributed by atoms with Gasteiger partial charge in [0.1, 0.15) is 11.5 Å². The minimum Gasteiger partial charge on any atom is -0.359 e. The molecule has 0 saturated carbocycles. The zero-order chi connectivity index (χ0) is 19.0. The van der Waals surface area contributed by atoms with Gasteiger partial charge >= 0.3 is 12.1 Å². The summed E-state index contributed by atoms with van der Waals surface area (Å²) in [5.74, 6) is -2.77. The van der Waals surface area contributed by atoms with Gasteiger partial charge in [-0.15, -0.1) is 0 Å². The van der Waals surface area contributed by atoms with Gasteiger partial charge in [-0.1, -0.05) is 0 Å². The molecule has 0 aliphatic carbocycles. The van der Waals surface area contributed by atoms with Gasteiger partial charge in [-0.2, -0.15) is 13.2 Å². The third-order valence-corrected chi connectivity index (χ3v) is 4.74. The van der Waals surface area contributed by atoms with Crippen LogP contribution in [-0.2, 0) is 16.0 Å². The topological polar surface area (TPSA) is 41.6 Å². The van der Waals surface area contributed by atoms with Crippen LogP contribution in [0.2, 0.25) is 0 Å². The first-order valence-electron chi connectivity index (χ1n) is 7.96. The fraction of sp³-hybridized carbons (Fsp3) is 0.588. The zero-order valence-corrected chi connectivity index (χ0v) is 14.6. The Morgan fingerprint density at radius 3 is 2.56 bits per heavy atom. The molecule has 2 rings (SSSR count). The highest BCUT2D eigenvalue weighted by molar-refractivity contribution is 5.95. The van der Waals surface area contributed by atoms with Gasteiger partial charge in [-0.05, 0) is 63.9 Å². The van der Waals surface area contributed by atoms with Crippen molar-refractivity contribution in [3.05, 3.63) is 29.1 Å². The molecule has 0 bridgehead atoms. The van der Waals surface area contributed by atoms with Crippen molar-refractivity contribution < 1.29 is 27.1 Å². The third-order valence-electron chi connectivity index (χ3n) is 4.74. The van der Waals surface area contributed by atoms with Crippen molar-refractivity contribution in [2.45, 2.75) is 51.6 Å². The first kappa shape index (κ1) is 19.7. The molecule has 1 aromatic carbocycles. The number of hydrogen-bond acceptors (Lipinski definition) is 3. The number of carbonyl (C=O) groups excluding carboxylic acids is 1. The lowest BCUT2D eigenvalue weighted by molar-refractivity contribution is -0.167. The Labute approximate surface area is 144 Å². The molecule has 0 aromatic heterocycles. The summed E-state index contributed by atoms with van der Waals surface area (Å²) in [6.07, 6.45) is -3.89. The lowest BCUT2D eigenvalue weighted by Gasteiger charge is -2.29. The molecule has 25 heavy (non-hydrogen) atoms. The number of hydrogen-bond donors (Lipinski definition) is 1. The molecule has 8 heteroatoms. The average Bonchev–Trinajstić information content (AvgIpc) is 2.74. The quantitative estimate of drug-likeness (QED) is 0.832. The number of nitrogens with zero attached hydrogens (tertiary/aromatic N) is 1. The number of amides is 1. The van der Waals surface area contributed by atoms with Crippen LogP contribution in [0, 0.1) is 12.7 Å². The number of aryl methyl sites for hydroxylation is 1. The summed E-state index contributed by atoms with van der Waals surface area (Å²) in [6.45, 7) is 6.00. The van der Waals surface area contributed by atoms with E-state index in [0.717, 1.165) is 6.07 Å². The van der Waals surface area contributed by atoms with Gasteiger partial charge in [0.15, 0.2) is 0 Å². The van der Waals surface area contributed by atoms with Crippen LogP contribution in [0.4, 0.5) is 23.2 Å². The molecule has 1 saturated heterocycles. The fourth-order valence-electron chi connectivity index (χ4n) is 2.82. The van der Waals surface area contributed by atoms with Gasteiger partial charge < -0.3 is 10.1 Å². The predicted octanol–water partition coefficient (Wildman–Crippen LogP) is 3.63. The van der Waals surface area contributed by atoms with Crippen LogP contribution in [-0.4, -0.2) is 42.4 Å². The minimum absolute atomic E-state index is 0.130. The average molecular weight is 362 g/mol. The fourth-order valence-corrected chi connectivity index (χ4v) is 2.82. The highest BCUT2D eigenvalue weighted by Gasteiger charge is 2.39. The van der Waals surface area contributed by atoms with E-state index in [9.17, 15) is 22.4 Å². The second-order valence-corrected chi connectivity index (χ2v) is 6.76. The number of benzene rings is 1. The van der Waals surface area contributed by atoms with Gasteiger partial charge in [-0.3, -0.25) is 9.69 Å². The van der Waals surface area contributed by atoms with Crippen LogP contribution < -0.4 is 5.32 Å². The standard InChI is InChI=1S/C17H22F4N2O2/c1-10-11(5-6-13-9-25-16(2,3)23(13)4)7-12(8-14(10)18)22-15(24)17(19,20)21/h7-8,13H,5-6,9H2,1-4H3,(H,22,24)/t13-/m0/s1. The van der Waals surface area contributed by atoms with Crippen molar-refractivity contribution in [2.75, 3.05) is 19.0 Å². The molecule has 1 heterocycles. The monoisotopic (exact) mass is 362 g/mol. The summed E-state index contributed by atoms with van der Waals surface area (Å²) in [5.41, 5.74) is 0.353. The Kier molecular flexibility index (Phi) is 5.44. The van der Waals surface area contributed by atoms with Gasteiger partial charge in [0.25, 0.3) is 0 Å². The molecule has 0 unspecified atom stereocenters. The molecule has 1 atom stereocenters. The Hall–Kier alpha value is -1.67. The number of carbonyl (C=O) groups is 1. The molecule has 1 amide bonds. The molecule has 140 valence electrons. The number of ether oxygens (including phenoxy) is 1. The second-order valence-electron chi connectivity index (χ2n) is 6.76. The van der Waals surface area contributed by atoms with Crippen molar-refractivity contribution in [1.29, 1.82) is 0 Å². The largest absolute Gasteiger partial charge is 0.471 e. The Bertz CT molecular complexity index is 659. The zero-order valence-electron chi connectivity index (χ0n) is 14.6. The van der Waals surface area contributed by atoms with Crippen LogP contribution >= 0.6 is 0 Å². The molecule has 1 aromatic rings. The number of rotatable bonds is 4. The molecular formula is C17H22F4N2O2. The molecule has 1 fully saturated rings. The van der Waals surface area contributed by atoms with Crippen LogP contribution in [0.15, 0.2) is 12.1 Å². The summed E-state index contributed by atoms with van der Waals surface area (Å²) in [6, 6.07) is 2.42. The first-order valence-corrected chi connectivity index (χ1v) is 7.96. The van der Waals surface area contributed by atoms with Crippen LogP contribution in [0.3, 0.4) is 0 Å². The maximum atomic E-state index is 14.0. The highest BCUT2D eigenvalue weighted by Crippen LogP contribution is 2.29. The Morgan fingerprint density at radius 2 is 2.04 bits per heavy atom. The maximum Gasteiger partial charge on any atom is 0.471 e. The maximum absolute atomic E-state index is 14.0. The molecule has 1 N–H and O–H groups in total. The summed E-state index contributed by atoms with van der Waals surface area (Å²) in [7, 11) is 1.94. The lowest BCUT2D eigenvalue weighted by Crippen LogP contribution is -2.40. The Morgan fingerprint density at radius 1 is 1.40 bits per heavy atom. The summed E-state index contributed by atoms with van der Waals surface area (Å²) < 4.78 is 56.8. The van der Waals surface area contributed by atoms with E-state index in [1.165, 1.54) is 6.07 Å². The normalized spacial score (nSPS) is 20.7. The van der Waals surface area contributed by atoms with Crippen molar-refractivity contribution in [3.8, 4) is 0 Å². The molecule has 0 radical (unpaired) electrons. The van der Waals surface area contributed by atoms with Gasteiger partial charge in [0.05, 0.1) is 6.61 Å². The van der Waals surface area contributed by atoms with E-state index in [-0.39, 0.29) is 17.5 Å². The molecular weight excluding hydrogens is 340 g/mol. The van der Waals surface area contributed by atoms with E-state index in [1.807, 2.05) is 20.9 Å².